The van der Waals surface area contributed by atoms with E-state index in [2.05, 4.69) is 35.7 Å². The molecule has 2 aromatic carbocycles. The van der Waals surface area contributed by atoms with Crippen molar-refractivity contribution in [1.82, 2.24) is 4.57 Å². The van der Waals surface area contributed by atoms with Gasteiger partial charge in [0.25, 0.3) is 0 Å². The van der Waals surface area contributed by atoms with Crippen molar-refractivity contribution >= 4 is 12.0 Å². The molecule has 1 aliphatic carbocycles. The summed E-state index contributed by atoms with van der Waals surface area (Å²) in [6.45, 7) is 5.28. The van der Waals surface area contributed by atoms with Gasteiger partial charge in [-0.05, 0) is 60.4 Å². The number of hydrogen-bond acceptors (Lipinski definition) is 3. The predicted octanol–water partition coefficient (Wildman–Crippen LogP) is 7.29. The van der Waals surface area contributed by atoms with Gasteiger partial charge in [0.05, 0.1) is 11.9 Å². The van der Waals surface area contributed by atoms with Crippen LogP contribution in [-0.2, 0) is 17.8 Å². The summed E-state index contributed by atoms with van der Waals surface area (Å²) in [5.74, 6) is -1.10. The van der Waals surface area contributed by atoms with E-state index in [9.17, 15) is 13.6 Å². The zero-order valence-corrected chi connectivity index (χ0v) is 21.1. The van der Waals surface area contributed by atoms with Gasteiger partial charge in [-0.1, -0.05) is 68.2 Å². The summed E-state index contributed by atoms with van der Waals surface area (Å²) in [5, 5.41) is 4.20. The van der Waals surface area contributed by atoms with Crippen LogP contribution in [0.3, 0.4) is 0 Å². The van der Waals surface area contributed by atoms with Crippen LogP contribution in [0, 0.1) is 17.6 Å². The van der Waals surface area contributed by atoms with Crippen LogP contribution in [0.4, 0.5) is 8.78 Å². The van der Waals surface area contributed by atoms with E-state index in [4.69, 9.17) is 4.84 Å². The minimum Gasteiger partial charge on any atom is -0.395 e. The molecule has 1 fully saturated rings. The standard InChI is InChI=1S/C30H34F2N2O2/c1-21(2)20-36-33-18-25-17-26(29(35)15-13-22-12-14-27(31)28(32)16-22)30(24-10-6-7-11-24)34(25)19-23-8-4-3-5-9-23/h3-5,8-9,12,14,16-18,21,24H,6-7,10-11,13,15,19-20H2,1-2H3/b33-18-. The average molecular weight is 493 g/mol. The second kappa shape index (κ2) is 12.1. The first-order valence-electron chi connectivity index (χ1n) is 12.8. The van der Waals surface area contributed by atoms with E-state index in [-0.39, 0.29) is 12.2 Å². The summed E-state index contributed by atoms with van der Waals surface area (Å²) in [5.41, 5.74) is 4.34. The summed E-state index contributed by atoms with van der Waals surface area (Å²) in [7, 11) is 0. The average Bonchev–Trinajstić information content (AvgIpc) is 3.51. The van der Waals surface area contributed by atoms with Crippen LogP contribution in [0.5, 0.6) is 0 Å². The Bertz CT molecular complexity index is 1200. The Balaban J connectivity index is 1.67. The number of carbonyl (C=O) groups is 1. The molecule has 0 bridgehead atoms. The van der Waals surface area contributed by atoms with Crippen molar-refractivity contribution in [2.24, 2.45) is 11.1 Å². The van der Waals surface area contributed by atoms with E-state index >= 15 is 0 Å². The van der Waals surface area contributed by atoms with Gasteiger partial charge in [0.15, 0.2) is 17.4 Å². The lowest BCUT2D eigenvalue weighted by Gasteiger charge is -2.18. The molecular weight excluding hydrogens is 458 g/mol. The highest BCUT2D eigenvalue weighted by Crippen LogP contribution is 2.38. The van der Waals surface area contributed by atoms with E-state index in [1.165, 1.54) is 12.1 Å². The van der Waals surface area contributed by atoms with Crippen LogP contribution in [0.15, 0.2) is 59.8 Å². The summed E-state index contributed by atoms with van der Waals surface area (Å²) in [4.78, 5) is 19.0. The molecule has 0 amide bonds. The third kappa shape index (κ3) is 6.48. The lowest BCUT2D eigenvalue weighted by molar-refractivity contribution is 0.0981. The van der Waals surface area contributed by atoms with E-state index in [1.807, 2.05) is 24.3 Å². The molecule has 0 radical (unpaired) electrons. The van der Waals surface area contributed by atoms with E-state index in [0.29, 0.717) is 42.5 Å². The molecular formula is C30H34F2N2O2. The van der Waals surface area contributed by atoms with Crippen LogP contribution in [0.2, 0.25) is 0 Å². The van der Waals surface area contributed by atoms with Gasteiger partial charge in [-0.25, -0.2) is 8.78 Å². The summed E-state index contributed by atoms with van der Waals surface area (Å²) < 4.78 is 29.2. The van der Waals surface area contributed by atoms with Crippen molar-refractivity contribution in [1.29, 1.82) is 0 Å². The summed E-state index contributed by atoms with van der Waals surface area (Å²) in [6, 6.07) is 15.9. The lowest BCUT2D eigenvalue weighted by atomic mass is 9.95. The Morgan fingerprint density at radius 2 is 1.81 bits per heavy atom. The van der Waals surface area contributed by atoms with Gasteiger partial charge in [-0.3, -0.25) is 4.79 Å². The first-order chi connectivity index (χ1) is 17.4. The monoisotopic (exact) mass is 492 g/mol. The van der Waals surface area contributed by atoms with Crippen LogP contribution in [0.1, 0.15) is 84.7 Å². The van der Waals surface area contributed by atoms with Crippen molar-refractivity contribution < 1.29 is 18.4 Å². The molecule has 4 nitrogen and oxygen atoms in total. The van der Waals surface area contributed by atoms with Crippen molar-refractivity contribution in [3.05, 3.63) is 94.3 Å². The fourth-order valence-corrected chi connectivity index (χ4v) is 4.87. The number of carbonyl (C=O) groups excluding carboxylic acids is 1. The Kier molecular flexibility index (Phi) is 8.68. The number of Topliss-reactive ketones (excluding diaryl/α,β-unsaturated/α-hetero) is 1. The smallest absolute Gasteiger partial charge is 0.165 e. The fraction of sp³-hybridized carbons (Fsp3) is 0.400. The molecule has 4 rings (SSSR count). The Morgan fingerprint density at radius 1 is 1.06 bits per heavy atom. The van der Waals surface area contributed by atoms with Gasteiger partial charge < -0.3 is 9.40 Å². The van der Waals surface area contributed by atoms with Crippen molar-refractivity contribution in [2.45, 2.75) is 64.8 Å². The topological polar surface area (TPSA) is 43.6 Å². The highest BCUT2D eigenvalue weighted by Gasteiger charge is 2.28. The zero-order chi connectivity index (χ0) is 25.5. The zero-order valence-electron chi connectivity index (χ0n) is 21.1. The maximum Gasteiger partial charge on any atom is 0.165 e. The third-order valence-corrected chi connectivity index (χ3v) is 6.69. The highest BCUT2D eigenvalue weighted by molar-refractivity contribution is 5.99. The number of halogens is 2. The maximum absolute atomic E-state index is 13.7. The normalized spacial score (nSPS) is 14.2. The molecule has 6 heteroatoms. The number of rotatable bonds is 11. The Labute approximate surface area is 212 Å². The molecule has 1 heterocycles. The molecule has 0 saturated heterocycles. The molecule has 0 spiro atoms. The number of oxime groups is 1. The van der Waals surface area contributed by atoms with Gasteiger partial charge in [0.2, 0.25) is 0 Å². The fourth-order valence-electron chi connectivity index (χ4n) is 4.87. The van der Waals surface area contributed by atoms with Gasteiger partial charge in [0.1, 0.15) is 6.61 Å². The summed E-state index contributed by atoms with van der Waals surface area (Å²) >= 11 is 0. The van der Waals surface area contributed by atoms with Crippen molar-refractivity contribution in [3.8, 4) is 0 Å². The molecule has 1 aromatic heterocycles. The number of aryl methyl sites for hydroxylation is 1. The number of nitrogens with zero attached hydrogens (tertiary/aromatic N) is 2. The third-order valence-electron chi connectivity index (χ3n) is 6.69. The van der Waals surface area contributed by atoms with E-state index in [1.54, 1.807) is 6.21 Å². The predicted molar refractivity (Wildman–Crippen MR) is 139 cm³/mol. The number of aromatic nitrogens is 1. The van der Waals surface area contributed by atoms with E-state index < -0.39 is 11.6 Å². The molecule has 190 valence electrons. The number of benzene rings is 2. The quantitative estimate of drug-likeness (QED) is 0.160. The van der Waals surface area contributed by atoms with Crippen LogP contribution in [0.25, 0.3) is 0 Å². The molecule has 0 unspecified atom stereocenters. The Hall–Kier alpha value is -3.28. The molecule has 0 aliphatic heterocycles. The van der Waals surface area contributed by atoms with E-state index in [0.717, 1.165) is 48.7 Å². The van der Waals surface area contributed by atoms with Gasteiger partial charge in [0, 0.05) is 24.2 Å². The van der Waals surface area contributed by atoms with Crippen LogP contribution >= 0.6 is 0 Å². The largest absolute Gasteiger partial charge is 0.395 e. The molecule has 0 atom stereocenters. The minimum atomic E-state index is -0.888. The summed E-state index contributed by atoms with van der Waals surface area (Å²) in [6.07, 6.45) is 6.65. The minimum absolute atomic E-state index is 0.00573. The molecule has 1 aliphatic rings. The van der Waals surface area contributed by atoms with Gasteiger partial charge in [-0.2, -0.15) is 0 Å². The lowest BCUT2D eigenvalue weighted by Crippen LogP contribution is -2.13. The van der Waals surface area contributed by atoms with Gasteiger partial charge in [-0.15, -0.1) is 0 Å². The number of ketones is 1. The second-order valence-electron chi connectivity index (χ2n) is 10.0. The molecule has 1 saturated carbocycles. The maximum atomic E-state index is 13.7. The molecule has 0 N–H and O–H groups in total. The van der Waals surface area contributed by atoms with Crippen molar-refractivity contribution in [2.75, 3.05) is 6.61 Å². The number of hydrogen-bond donors (Lipinski definition) is 0. The first-order valence-corrected chi connectivity index (χ1v) is 12.8. The van der Waals surface area contributed by atoms with Crippen molar-refractivity contribution in [3.63, 3.8) is 0 Å². The Morgan fingerprint density at radius 3 is 2.50 bits per heavy atom. The molecule has 3 aromatic rings. The molecule has 36 heavy (non-hydrogen) atoms. The second-order valence-corrected chi connectivity index (χ2v) is 10.0. The SMILES string of the molecule is CC(C)CO/N=C\c1cc(C(=O)CCc2ccc(F)c(F)c2)c(C2CCCC2)n1Cc1ccccc1. The van der Waals surface area contributed by atoms with Crippen LogP contribution in [-0.4, -0.2) is 23.2 Å². The van der Waals surface area contributed by atoms with Gasteiger partial charge >= 0.3 is 0 Å². The first kappa shape index (κ1) is 25.8. The highest BCUT2D eigenvalue weighted by atomic mass is 19.2. The van der Waals surface area contributed by atoms with Crippen LogP contribution < -0.4 is 0 Å².